The molecule has 2 aromatic rings. The van der Waals surface area contributed by atoms with Crippen LogP contribution in [0, 0.1) is 0 Å². The van der Waals surface area contributed by atoms with Crippen molar-refractivity contribution >= 4 is 41.3 Å². The van der Waals surface area contributed by atoms with Crippen molar-refractivity contribution in [2.45, 2.75) is 25.9 Å². The maximum absolute atomic E-state index is 5.53. The lowest BCUT2D eigenvalue weighted by atomic mass is 10.1. The van der Waals surface area contributed by atoms with Gasteiger partial charge in [-0.2, -0.15) is 0 Å². The van der Waals surface area contributed by atoms with Crippen molar-refractivity contribution in [3.63, 3.8) is 0 Å². The molecule has 0 spiro atoms. The summed E-state index contributed by atoms with van der Waals surface area (Å²) in [5.41, 5.74) is 1.26. The minimum atomic E-state index is 0. The molecule has 2 unspecified atom stereocenters. The van der Waals surface area contributed by atoms with Crippen LogP contribution in [0.25, 0.3) is 0 Å². The van der Waals surface area contributed by atoms with Gasteiger partial charge in [0.15, 0.2) is 5.96 Å². The Morgan fingerprint density at radius 1 is 1.18 bits per heavy atom. The van der Waals surface area contributed by atoms with Gasteiger partial charge in [-0.05, 0) is 30.9 Å². The molecular formula is C21H31IN4OS. The van der Waals surface area contributed by atoms with Gasteiger partial charge in [0.1, 0.15) is 0 Å². The van der Waals surface area contributed by atoms with Crippen LogP contribution in [-0.4, -0.2) is 50.3 Å². The van der Waals surface area contributed by atoms with E-state index in [9.17, 15) is 0 Å². The maximum atomic E-state index is 5.53. The fourth-order valence-electron chi connectivity index (χ4n) is 3.28. The molecule has 1 fully saturated rings. The van der Waals surface area contributed by atoms with Gasteiger partial charge in [0.25, 0.3) is 0 Å². The Balaban J connectivity index is 0.00000280. The molecule has 1 aliphatic heterocycles. The minimum Gasteiger partial charge on any atom is -0.379 e. The van der Waals surface area contributed by atoms with Crippen LogP contribution in [0.1, 0.15) is 36.4 Å². The molecule has 1 aromatic carbocycles. The van der Waals surface area contributed by atoms with Crippen molar-refractivity contribution in [1.29, 1.82) is 0 Å². The monoisotopic (exact) mass is 514 g/mol. The second-order valence-electron chi connectivity index (χ2n) is 6.68. The number of ether oxygens (including phenoxy) is 1. The summed E-state index contributed by atoms with van der Waals surface area (Å²) in [6.07, 6.45) is 0. The highest BCUT2D eigenvalue weighted by molar-refractivity contribution is 14.0. The number of nitrogens with one attached hydrogen (secondary N) is 2. The van der Waals surface area contributed by atoms with Crippen LogP contribution >= 0.6 is 35.3 Å². The predicted octanol–water partition coefficient (Wildman–Crippen LogP) is 4.06. The van der Waals surface area contributed by atoms with Gasteiger partial charge in [-0.25, -0.2) is 0 Å². The molecule has 3 rings (SSSR count). The van der Waals surface area contributed by atoms with Crippen molar-refractivity contribution in [2.75, 3.05) is 39.4 Å². The molecule has 0 amide bonds. The molecular weight excluding hydrogens is 483 g/mol. The van der Waals surface area contributed by atoms with E-state index in [1.54, 1.807) is 0 Å². The maximum Gasteiger partial charge on any atom is 0.191 e. The normalized spacial score (nSPS) is 17.4. The summed E-state index contributed by atoms with van der Waals surface area (Å²) in [5, 5.41) is 9.07. The van der Waals surface area contributed by atoms with Crippen molar-refractivity contribution in [1.82, 2.24) is 15.5 Å². The average Bonchev–Trinajstić information content (AvgIpc) is 3.24. The molecule has 0 radical (unpaired) electrons. The molecule has 2 atom stereocenters. The largest absolute Gasteiger partial charge is 0.379 e. The first-order valence-electron chi connectivity index (χ1n) is 9.73. The summed E-state index contributed by atoms with van der Waals surface area (Å²) in [4.78, 5) is 8.79. The number of benzene rings is 1. The molecule has 0 saturated carbocycles. The van der Waals surface area contributed by atoms with E-state index in [0.717, 1.165) is 45.4 Å². The summed E-state index contributed by atoms with van der Waals surface area (Å²) in [5.74, 6) is 0.865. The summed E-state index contributed by atoms with van der Waals surface area (Å²) in [6, 6.07) is 15.3. The summed E-state index contributed by atoms with van der Waals surface area (Å²) in [7, 11) is 0. The molecule has 2 N–H and O–H groups in total. The predicted molar refractivity (Wildman–Crippen MR) is 129 cm³/mol. The topological polar surface area (TPSA) is 48.9 Å². The lowest BCUT2D eigenvalue weighted by molar-refractivity contribution is 0.0186. The lowest BCUT2D eigenvalue weighted by Gasteiger charge is -2.33. The molecule has 5 nitrogen and oxygen atoms in total. The molecule has 28 heavy (non-hydrogen) atoms. The zero-order chi connectivity index (χ0) is 18.9. The van der Waals surface area contributed by atoms with E-state index in [1.807, 2.05) is 17.4 Å². The van der Waals surface area contributed by atoms with Gasteiger partial charge >= 0.3 is 0 Å². The SMILES string of the molecule is CCNC(=NCC(c1cccs1)N1CCOCC1)NC(C)c1ccccc1.I. The first kappa shape index (κ1) is 23.1. The molecule has 1 aromatic heterocycles. The fourth-order valence-corrected chi connectivity index (χ4v) is 4.14. The van der Waals surface area contributed by atoms with E-state index < -0.39 is 0 Å². The van der Waals surface area contributed by atoms with E-state index in [-0.39, 0.29) is 30.0 Å². The molecule has 0 bridgehead atoms. The van der Waals surface area contributed by atoms with Crippen LogP contribution in [-0.2, 0) is 4.74 Å². The van der Waals surface area contributed by atoms with Crippen LogP contribution in [0.3, 0.4) is 0 Å². The Labute approximate surface area is 189 Å². The zero-order valence-electron chi connectivity index (χ0n) is 16.6. The van der Waals surface area contributed by atoms with E-state index >= 15 is 0 Å². The zero-order valence-corrected chi connectivity index (χ0v) is 19.8. The lowest BCUT2D eigenvalue weighted by Crippen LogP contribution is -2.42. The third-order valence-electron chi connectivity index (χ3n) is 4.78. The highest BCUT2D eigenvalue weighted by Gasteiger charge is 2.23. The van der Waals surface area contributed by atoms with Gasteiger partial charge in [-0.15, -0.1) is 35.3 Å². The second-order valence-corrected chi connectivity index (χ2v) is 7.66. The third-order valence-corrected chi connectivity index (χ3v) is 5.75. The van der Waals surface area contributed by atoms with Crippen LogP contribution in [0.5, 0.6) is 0 Å². The number of rotatable bonds is 7. The standard InChI is InChI=1S/C21H30N4OS.HI/c1-3-22-21(24-17(2)18-8-5-4-6-9-18)23-16-19(20-10-7-15-27-20)25-11-13-26-14-12-25;/h4-10,15,17,19H,3,11-14,16H2,1-2H3,(H2,22,23,24);1H. The molecule has 154 valence electrons. The van der Waals surface area contributed by atoms with E-state index in [0.29, 0.717) is 6.04 Å². The van der Waals surface area contributed by atoms with Crippen LogP contribution in [0.15, 0.2) is 52.8 Å². The van der Waals surface area contributed by atoms with Gasteiger partial charge in [-0.3, -0.25) is 9.89 Å². The molecule has 2 heterocycles. The number of hydrogen-bond donors (Lipinski definition) is 2. The van der Waals surface area contributed by atoms with Crippen molar-refractivity contribution in [3.05, 3.63) is 58.3 Å². The van der Waals surface area contributed by atoms with Crippen molar-refractivity contribution in [3.8, 4) is 0 Å². The molecule has 7 heteroatoms. The summed E-state index contributed by atoms with van der Waals surface area (Å²) < 4.78 is 5.53. The smallest absolute Gasteiger partial charge is 0.191 e. The Morgan fingerprint density at radius 3 is 2.57 bits per heavy atom. The molecule has 1 saturated heterocycles. The first-order chi connectivity index (χ1) is 13.3. The summed E-state index contributed by atoms with van der Waals surface area (Å²) in [6.45, 7) is 9.37. The van der Waals surface area contributed by atoms with Crippen LogP contribution < -0.4 is 10.6 Å². The Morgan fingerprint density at radius 2 is 1.93 bits per heavy atom. The number of aliphatic imine (C=N–C) groups is 1. The first-order valence-corrected chi connectivity index (χ1v) is 10.6. The highest BCUT2D eigenvalue weighted by Crippen LogP contribution is 2.26. The third kappa shape index (κ3) is 6.72. The van der Waals surface area contributed by atoms with Gasteiger partial charge in [0.05, 0.1) is 31.8 Å². The summed E-state index contributed by atoms with van der Waals surface area (Å²) >= 11 is 1.81. The van der Waals surface area contributed by atoms with Gasteiger partial charge in [-0.1, -0.05) is 36.4 Å². The molecule has 0 aliphatic carbocycles. The van der Waals surface area contributed by atoms with E-state index in [2.05, 4.69) is 71.2 Å². The number of morpholine rings is 1. The quantitative estimate of drug-likeness (QED) is 0.333. The van der Waals surface area contributed by atoms with Crippen molar-refractivity contribution in [2.24, 2.45) is 4.99 Å². The number of hydrogen-bond acceptors (Lipinski definition) is 4. The minimum absolute atomic E-state index is 0. The molecule has 1 aliphatic rings. The van der Waals surface area contributed by atoms with Crippen molar-refractivity contribution < 1.29 is 4.74 Å². The highest BCUT2D eigenvalue weighted by atomic mass is 127. The Bertz CT molecular complexity index is 690. The Kier molecular flexibility index (Phi) is 10.3. The number of guanidine groups is 1. The van der Waals surface area contributed by atoms with Crippen LogP contribution in [0.4, 0.5) is 0 Å². The van der Waals surface area contributed by atoms with Gasteiger partial charge in [0.2, 0.25) is 0 Å². The van der Waals surface area contributed by atoms with Gasteiger partial charge in [0, 0.05) is 24.5 Å². The number of nitrogens with zero attached hydrogens (tertiary/aromatic N) is 2. The Hall–Kier alpha value is -1.16. The second kappa shape index (κ2) is 12.4. The van der Waals surface area contributed by atoms with E-state index in [1.165, 1.54) is 10.4 Å². The van der Waals surface area contributed by atoms with Crippen LogP contribution in [0.2, 0.25) is 0 Å². The number of halogens is 1. The van der Waals surface area contributed by atoms with Gasteiger partial charge < -0.3 is 15.4 Å². The van der Waals surface area contributed by atoms with E-state index in [4.69, 9.17) is 9.73 Å². The number of thiophene rings is 1. The fraction of sp³-hybridized carbons (Fsp3) is 0.476. The average molecular weight is 514 g/mol.